The third-order valence-electron chi connectivity index (χ3n) is 5.98. The lowest BCUT2D eigenvalue weighted by atomic mass is 9.49. The van der Waals surface area contributed by atoms with E-state index in [1.165, 1.54) is 45.6 Å². The van der Waals surface area contributed by atoms with Crippen molar-refractivity contribution in [2.45, 2.75) is 58.4 Å². The van der Waals surface area contributed by atoms with Crippen LogP contribution in [-0.2, 0) is 9.53 Å². The molecule has 4 rings (SSSR count). The van der Waals surface area contributed by atoms with E-state index >= 15 is 0 Å². The second kappa shape index (κ2) is 5.32. The van der Waals surface area contributed by atoms with Crippen molar-refractivity contribution in [3.05, 3.63) is 0 Å². The normalized spacial score (nSPS) is 40.1. The van der Waals surface area contributed by atoms with Gasteiger partial charge in [-0.15, -0.1) is 0 Å². The summed E-state index contributed by atoms with van der Waals surface area (Å²) in [6.45, 7) is 5.19. The summed E-state index contributed by atoms with van der Waals surface area (Å²) in [5, 5.41) is 3.55. The Morgan fingerprint density at radius 2 is 1.65 bits per heavy atom. The minimum atomic E-state index is -0.145. The molecule has 4 bridgehead atoms. The zero-order valence-electron chi connectivity index (χ0n) is 13.2. The largest absolute Gasteiger partial charge is 0.468 e. The molecule has 0 aromatic carbocycles. The van der Waals surface area contributed by atoms with Gasteiger partial charge in [0.25, 0.3) is 0 Å². The van der Waals surface area contributed by atoms with Gasteiger partial charge >= 0.3 is 5.97 Å². The number of carbonyl (C=O) groups is 1. The smallest absolute Gasteiger partial charge is 0.323 e. The molecule has 0 heterocycles. The summed E-state index contributed by atoms with van der Waals surface area (Å²) in [5.41, 5.74) is 0.482. The van der Waals surface area contributed by atoms with Crippen molar-refractivity contribution >= 4 is 5.97 Å². The standard InChI is InChI=1S/C17H29NO2/c1-11(2)15(16(19)20-3)18-10-17-7-12-4-13(8-17)6-14(5-12)9-17/h11-15,18H,4-10H2,1-3H3. The van der Waals surface area contributed by atoms with E-state index in [0.29, 0.717) is 5.41 Å². The molecule has 1 N–H and O–H groups in total. The molecule has 0 aromatic rings. The summed E-state index contributed by atoms with van der Waals surface area (Å²) in [5.74, 6) is 3.09. The molecule has 0 aromatic heterocycles. The topological polar surface area (TPSA) is 38.3 Å². The number of hydrogen-bond donors (Lipinski definition) is 1. The van der Waals surface area contributed by atoms with Crippen LogP contribution in [-0.4, -0.2) is 25.7 Å². The Morgan fingerprint density at radius 3 is 2.05 bits per heavy atom. The number of hydrogen-bond acceptors (Lipinski definition) is 3. The van der Waals surface area contributed by atoms with E-state index in [2.05, 4.69) is 19.2 Å². The van der Waals surface area contributed by atoms with Crippen molar-refractivity contribution in [2.75, 3.05) is 13.7 Å². The van der Waals surface area contributed by atoms with E-state index in [1.807, 2.05) is 0 Å². The van der Waals surface area contributed by atoms with Crippen LogP contribution in [0, 0.1) is 29.1 Å². The van der Waals surface area contributed by atoms with E-state index in [-0.39, 0.29) is 17.9 Å². The molecule has 4 fully saturated rings. The lowest BCUT2D eigenvalue weighted by molar-refractivity contribution is -0.144. The zero-order chi connectivity index (χ0) is 14.3. The molecular weight excluding hydrogens is 250 g/mol. The second-order valence-corrected chi connectivity index (χ2v) is 8.04. The lowest BCUT2D eigenvalue weighted by Crippen LogP contribution is -2.53. The zero-order valence-corrected chi connectivity index (χ0v) is 13.2. The highest BCUT2D eigenvalue weighted by molar-refractivity contribution is 5.75. The number of esters is 1. The second-order valence-electron chi connectivity index (χ2n) is 8.04. The van der Waals surface area contributed by atoms with Gasteiger partial charge in [-0.05, 0) is 67.6 Å². The van der Waals surface area contributed by atoms with Crippen molar-refractivity contribution in [3.63, 3.8) is 0 Å². The summed E-state index contributed by atoms with van der Waals surface area (Å²) in [6.07, 6.45) is 8.59. The number of rotatable bonds is 5. The van der Waals surface area contributed by atoms with E-state index < -0.39 is 0 Å². The monoisotopic (exact) mass is 279 g/mol. The van der Waals surface area contributed by atoms with Gasteiger partial charge in [0, 0.05) is 6.54 Å². The van der Waals surface area contributed by atoms with Crippen LogP contribution in [0.1, 0.15) is 52.4 Å². The summed E-state index contributed by atoms with van der Waals surface area (Å²) >= 11 is 0. The summed E-state index contributed by atoms with van der Waals surface area (Å²) in [7, 11) is 1.49. The summed E-state index contributed by atoms with van der Waals surface area (Å²) in [6, 6.07) is -0.145. The van der Waals surface area contributed by atoms with Crippen molar-refractivity contribution in [1.82, 2.24) is 5.32 Å². The first-order valence-electron chi connectivity index (χ1n) is 8.32. The fourth-order valence-corrected chi connectivity index (χ4v) is 5.55. The minimum absolute atomic E-state index is 0.107. The molecule has 0 aliphatic heterocycles. The molecule has 3 heteroatoms. The molecule has 0 saturated heterocycles. The molecule has 4 aliphatic carbocycles. The molecular formula is C17H29NO2. The molecule has 1 unspecified atom stereocenters. The van der Waals surface area contributed by atoms with E-state index in [0.717, 1.165) is 24.3 Å². The van der Waals surface area contributed by atoms with Gasteiger partial charge in [-0.1, -0.05) is 13.8 Å². The number of methoxy groups -OCH3 is 1. The molecule has 1 atom stereocenters. The summed E-state index contributed by atoms with van der Waals surface area (Å²) < 4.78 is 4.94. The Labute approximate surface area is 122 Å². The maximum atomic E-state index is 11.9. The fourth-order valence-electron chi connectivity index (χ4n) is 5.55. The van der Waals surface area contributed by atoms with Gasteiger partial charge in [0.05, 0.1) is 7.11 Å². The van der Waals surface area contributed by atoms with E-state index in [9.17, 15) is 4.79 Å². The molecule has 0 radical (unpaired) electrons. The first kappa shape index (κ1) is 14.4. The Bertz CT molecular complexity index is 342. The van der Waals surface area contributed by atoms with Crippen LogP contribution in [0.25, 0.3) is 0 Å². The fraction of sp³-hybridized carbons (Fsp3) is 0.941. The molecule has 20 heavy (non-hydrogen) atoms. The average molecular weight is 279 g/mol. The predicted octanol–water partition coefficient (Wildman–Crippen LogP) is 2.99. The minimum Gasteiger partial charge on any atom is -0.468 e. The Kier molecular flexibility index (Phi) is 3.83. The van der Waals surface area contributed by atoms with Crippen LogP contribution in [0.5, 0.6) is 0 Å². The predicted molar refractivity (Wildman–Crippen MR) is 79.2 cm³/mol. The first-order chi connectivity index (χ1) is 9.51. The van der Waals surface area contributed by atoms with Crippen LogP contribution in [0.15, 0.2) is 0 Å². The van der Waals surface area contributed by atoms with Gasteiger partial charge in [0.2, 0.25) is 0 Å². The van der Waals surface area contributed by atoms with Crippen LogP contribution in [0.3, 0.4) is 0 Å². The Hall–Kier alpha value is -0.570. The lowest BCUT2D eigenvalue weighted by Gasteiger charge is -2.57. The van der Waals surface area contributed by atoms with E-state index in [4.69, 9.17) is 4.74 Å². The SMILES string of the molecule is COC(=O)C(NCC12CC3CC(CC(C3)C1)C2)C(C)C. The molecule has 0 spiro atoms. The Morgan fingerprint density at radius 1 is 1.15 bits per heavy atom. The average Bonchev–Trinajstić information content (AvgIpc) is 2.36. The number of ether oxygens (including phenoxy) is 1. The van der Waals surface area contributed by atoms with Gasteiger partial charge in [-0.25, -0.2) is 0 Å². The van der Waals surface area contributed by atoms with Gasteiger partial charge in [0.15, 0.2) is 0 Å². The van der Waals surface area contributed by atoms with Gasteiger partial charge in [-0.3, -0.25) is 4.79 Å². The number of nitrogens with one attached hydrogen (secondary N) is 1. The van der Waals surface area contributed by atoms with Crippen molar-refractivity contribution < 1.29 is 9.53 Å². The van der Waals surface area contributed by atoms with Crippen LogP contribution in [0.4, 0.5) is 0 Å². The Balaban J connectivity index is 1.64. The van der Waals surface area contributed by atoms with E-state index in [1.54, 1.807) is 0 Å². The first-order valence-corrected chi connectivity index (χ1v) is 8.32. The molecule has 114 valence electrons. The third-order valence-corrected chi connectivity index (χ3v) is 5.98. The van der Waals surface area contributed by atoms with Crippen molar-refractivity contribution in [3.8, 4) is 0 Å². The highest BCUT2D eigenvalue weighted by atomic mass is 16.5. The third kappa shape index (κ3) is 2.61. The quantitative estimate of drug-likeness (QED) is 0.786. The molecule has 3 nitrogen and oxygen atoms in total. The maximum Gasteiger partial charge on any atom is 0.323 e. The van der Waals surface area contributed by atoms with Crippen LogP contribution < -0.4 is 5.32 Å². The molecule has 4 aliphatic rings. The maximum absolute atomic E-state index is 11.9. The van der Waals surface area contributed by atoms with Crippen molar-refractivity contribution in [2.24, 2.45) is 29.1 Å². The van der Waals surface area contributed by atoms with Gasteiger partial charge in [0.1, 0.15) is 6.04 Å². The van der Waals surface area contributed by atoms with Gasteiger partial charge < -0.3 is 10.1 Å². The number of carbonyl (C=O) groups excluding carboxylic acids is 1. The summed E-state index contributed by atoms with van der Waals surface area (Å²) in [4.78, 5) is 11.9. The van der Waals surface area contributed by atoms with Crippen molar-refractivity contribution in [1.29, 1.82) is 0 Å². The highest BCUT2D eigenvalue weighted by Crippen LogP contribution is 2.59. The molecule has 0 amide bonds. The van der Waals surface area contributed by atoms with Crippen LogP contribution >= 0.6 is 0 Å². The molecule has 4 saturated carbocycles. The van der Waals surface area contributed by atoms with Crippen LogP contribution in [0.2, 0.25) is 0 Å². The van der Waals surface area contributed by atoms with Gasteiger partial charge in [-0.2, -0.15) is 0 Å². The highest BCUT2D eigenvalue weighted by Gasteiger charge is 2.50.